The van der Waals surface area contributed by atoms with E-state index in [1.54, 1.807) is 54.6 Å². The van der Waals surface area contributed by atoms with Gasteiger partial charge in [0.25, 0.3) is 0 Å². The maximum Gasteiger partial charge on any atom is 0.216 e. The highest BCUT2D eigenvalue weighted by Gasteiger charge is 2.20. The molecule has 3 aromatic rings. The van der Waals surface area contributed by atoms with E-state index in [0.717, 1.165) is 5.56 Å². The normalized spacial score (nSPS) is 11.6. The van der Waals surface area contributed by atoms with Gasteiger partial charge in [0.1, 0.15) is 23.4 Å². The fourth-order valence-electron chi connectivity index (χ4n) is 2.69. The maximum absolute atomic E-state index is 13.1. The molecule has 0 radical (unpaired) electrons. The van der Waals surface area contributed by atoms with Crippen molar-refractivity contribution < 1.29 is 22.3 Å². The van der Waals surface area contributed by atoms with Gasteiger partial charge in [0.05, 0.1) is 12.0 Å². The van der Waals surface area contributed by atoms with Crippen LogP contribution in [-0.2, 0) is 16.4 Å². The van der Waals surface area contributed by atoms with Gasteiger partial charge >= 0.3 is 0 Å². The van der Waals surface area contributed by atoms with Gasteiger partial charge in [-0.1, -0.05) is 36.4 Å². The first-order valence-corrected chi connectivity index (χ1v) is 10.4. The second kappa shape index (κ2) is 9.25. The Balaban J connectivity index is 1.91. The summed E-state index contributed by atoms with van der Waals surface area (Å²) in [5.41, 5.74) is 1.21. The van der Waals surface area contributed by atoms with Crippen LogP contribution in [0.2, 0.25) is 0 Å². The van der Waals surface area contributed by atoms with E-state index in [1.165, 1.54) is 37.5 Å². The summed E-state index contributed by atoms with van der Waals surface area (Å²) in [4.78, 5) is -0.345. The predicted octanol–water partition coefficient (Wildman–Crippen LogP) is 4.75. The zero-order valence-corrected chi connectivity index (χ0v) is 16.9. The van der Waals surface area contributed by atoms with Crippen molar-refractivity contribution >= 4 is 15.9 Å². The quantitative estimate of drug-likeness (QED) is 0.513. The van der Waals surface area contributed by atoms with Crippen LogP contribution in [0.3, 0.4) is 0 Å². The minimum Gasteiger partial charge on any atom is -0.493 e. The van der Waals surface area contributed by atoms with Crippen molar-refractivity contribution in [3.63, 3.8) is 0 Å². The number of sulfone groups is 1. The third kappa shape index (κ3) is 4.85. The van der Waals surface area contributed by atoms with E-state index in [4.69, 9.17) is 9.47 Å². The molecule has 7 heteroatoms. The van der Waals surface area contributed by atoms with Crippen LogP contribution < -0.4 is 9.47 Å². The molecular formula is C23H18FNO4S. The fourth-order valence-corrected chi connectivity index (χ4v) is 3.87. The van der Waals surface area contributed by atoms with Gasteiger partial charge in [0.15, 0.2) is 11.5 Å². The Morgan fingerprint density at radius 2 is 1.73 bits per heavy atom. The third-order valence-electron chi connectivity index (χ3n) is 4.25. The number of rotatable bonds is 7. The number of allylic oxidation sites excluding steroid dienone is 1. The number of methoxy groups -OCH3 is 1. The smallest absolute Gasteiger partial charge is 0.216 e. The molecule has 0 saturated heterocycles. The zero-order valence-electron chi connectivity index (χ0n) is 16.1. The lowest BCUT2D eigenvalue weighted by molar-refractivity contribution is 0.284. The van der Waals surface area contributed by atoms with Gasteiger partial charge in [-0.05, 0) is 53.6 Å². The van der Waals surface area contributed by atoms with Crippen molar-refractivity contribution in [3.8, 4) is 17.6 Å². The number of nitrogens with zero attached hydrogens (tertiary/aromatic N) is 1. The Labute approximate surface area is 174 Å². The molecule has 0 aliphatic heterocycles. The van der Waals surface area contributed by atoms with Crippen LogP contribution in [0.4, 0.5) is 4.39 Å². The molecule has 0 fully saturated rings. The van der Waals surface area contributed by atoms with Crippen molar-refractivity contribution in [2.24, 2.45) is 0 Å². The van der Waals surface area contributed by atoms with Crippen LogP contribution in [0.15, 0.2) is 82.6 Å². The van der Waals surface area contributed by atoms with Crippen molar-refractivity contribution in [2.45, 2.75) is 11.5 Å². The van der Waals surface area contributed by atoms with Gasteiger partial charge in [-0.2, -0.15) is 5.26 Å². The molecule has 0 heterocycles. The minimum atomic E-state index is -3.94. The van der Waals surface area contributed by atoms with Gasteiger partial charge in [-0.3, -0.25) is 0 Å². The van der Waals surface area contributed by atoms with E-state index >= 15 is 0 Å². The molecule has 152 valence electrons. The predicted molar refractivity (Wildman–Crippen MR) is 111 cm³/mol. The van der Waals surface area contributed by atoms with Crippen molar-refractivity contribution in [1.29, 1.82) is 5.26 Å². The number of hydrogen-bond acceptors (Lipinski definition) is 5. The molecule has 30 heavy (non-hydrogen) atoms. The van der Waals surface area contributed by atoms with Crippen LogP contribution in [0.1, 0.15) is 11.1 Å². The van der Waals surface area contributed by atoms with Crippen LogP contribution in [0.5, 0.6) is 11.5 Å². The van der Waals surface area contributed by atoms with Crippen LogP contribution in [0.25, 0.3) is 6.08 Å². The standard InChI is InChI=1S/C23H18FNO4S/c1-28-22-12-9-18(14-23(22)29-16-17-7-10-19(24)11-8-17)13-21(15-25)30(26,27)20-5-3-2-4-6-20/h2-14H,16H2,1H3. The summed E-state index contributed by atoms with van der Waals surface area (Å²) in [7, 11) is -2.46. The lowest BCUT2D eigenvalue weighted by Gasteiger charge is -2.12. The Morgan fingerprint density at radius 1 is 1.03 bits per heavy atom. The van der Waals surface area contributed by atoms with Gasteiger partial charge in [0.2, 0.25) is 9.84 Å². The Kier molecular flexibility index (Phi) is 6.50. The molecule has 0 unspecified atom stereocenters. The molecule has 3 rings (SSSR count). The summed E-state index contributed by atoms with van der Waals surface area (Å²) in [5.74, 6) is 0.468. The molecule has 0 amide bonds. The Bertz CT molecular complexity index is 1200. The van der Waals surface area contributed by atoms with Gasteiger partial charge in [-0.15, -0.1) is 0 Å². The van der Waals surface area contributed by atoms with E-state index in [1.807, 2.05) is 0 Å². The molecule has 0 bridgehead atoms. The van der Waals surface area contributed by atoms with E-state index in [2.05, 4.69) is 0 Å². The molecule has 0 saturated carbocycles. The molecule has 0 aliphatic carbocycles. The number of hydrogen-bond donors (Lipinski definition) is 0. The second-order valence-electron chi connectivity index (χ2n) is 6.26. The fraction of sp³-hybridized carbons (Fsp3) is 0.0870. The molecule has 0 spiro atoms. The summed E-state index contributed by atoms with van der Waals surface area (Å²) in [6, 6.07) is 20.2. The van der Waals surface area contributed by atoms with Gasteiger partial charge in [0, 0.05) is 0 Å². The van der Waals surface area contributed by atoms with Crippen molar-refractivity contribution in [3.05, 3.63) is 94.6 Å². The van der Waals surface area contributed by atoms with E-state index in [-0.39, 0.29) is 22.2 Å². The average molecular weight is 423 g/mol. The highest BCUT2D eigenvalue weighted by atomic mass is 32.2. The van der Waals surface area contributed by atoms with Gasteiger partial charge < -0.3 is 9.47 Å². The number of ether oxygens (including phenoxy) is 2. The second-order valence-corrected chi connectivity index (χ2v) is 8.18. The Morgan fingerprint density at radius 3 is 2.37 bits per heavy atom. The molecule has 0 aromatic heterocycles. The van der Waals surface area contributed by atoms with Crippen molar-refractivity contribution in [1.82, 2.24) is 0 Å². The zero-order chi connectivity index (χ0) is 21.6. The molecule has 3 aromatic carbocycles. The highest BCUT2D eigenvalue weighted by molar-refractivity contribution is 7.95. The highest BCUT2D eigenvalue weighted by Crippen LogP contribution is 2.30. The summed E-state index contributed by atoms with van der Waals surface area (Å²) < 4.78 is 49.6. The van der Waals surface area contributed by atoms with Crippen molar-refractivity contribution in [2.75, 3.05) is 7.11 Å². The molecule has 0 atom stereocenters. The van der Waals surface area contributed by atoms with E-state index in [0.29, 0.717) is 17.1 Å². The molecular weight excluding hydrogens is 405 g/mol. The minimum absolute atomic E-state index is 0.0408. The lowest BCUT2D eigenvalue weighted by atomic mass is 10.2. The van der Waals surface area contributed by atoms with Crippen LogP contribution >= 0.6 is 0 Å². The van der Waals surface area contributed by atoms with Gasteiger partial charge in [-0.25, -0.2) is 12.8 Å². The van der Waals surface area contributed by atoms with E-state index < -0.39 is 9.84 Å². The summed E-state index contributed by atoms with van der Waals surface area (Å²) in [6.45, 7) is 0.164. The topological polar surface area (TPSA) is 76.4 Å². The average Bonchev–Trinajstić information content (AvgIpc) is 2.77. The first-order valence-electron chi connectivity index (χ1n) is 8.91. The SMILES string of the molecule is COc1ccc(C=C(C#N)S(=O)(=O)c2ccccc2)cc1OCc1ccc(F)cc1. The van der Waals surface area contributed by atoms with Crippen LogP contribution in [-0.4, -0.2) is 15.5 Å². The monoisotopic (exact) mass is 423 g/mol. The van der Waals surface area contributed by atoms with Crippen LogP contribution in [0, 0.1) is 17.1 Å². The number of benzene rings is 3. The Hall–Kier alpha value is -3.63. The molecule has 0 N–H and O–H groups in total. The largest absolute Gasteiger partial charge is 0.493 e. The maximum atomic E-state index is 13.1. The first kappa shape index (κ1) is 21.1. The molecule has 5 nitrogen and oxygen atoms in total. The summed E-state index contributed by atoms with van der Waals surface area (Å²) in [5, 5.41) is 9.44. The number of nitriles is 1. The summed E-state index contributed by atoms with van der Waals surface area (Å²) in [6.07, 6.45) is 1.28. The summed E-state index contributed by atoms with van der Waals surface area (Å²) >= 11 is 0. The number of halogens is 1. The van der Waals surface area contributed by atoms with E-state index in [9.17, 15) is 18.1 Å². The lowest BCUT2D eigenvalue weighted by Crippen LogP contribution is -2.03. The third-order valence-corrected chi connectivity index (χ3v) is 5.93. The first-order chi connectivity index (χ1) is 14.4. The molecule has 0 aliphatic rings.